The van der Waals surface area contributed by atoms with E-state index in [1.165, 1.54) is 25.7 Å². The van der Waals surface area contributed by atoms with Crippen LogP contribution < -0.4 is 0 Å². The lowest BCUT2D eigenvalue weighted by Crippen LogP contribution is -2.37. The number of carbonyl (C=O) groups excluding carboxylic acids is 1. The van der Waals surface area contributed by atoms with Crippen molar-refractivity contribution in [3.8, 4) is 0 Å². The van der Waals surface area contributed by atoms with Crippen LogP contribution in [0.1, 0.15) is 71.1 Å². The van der Waals surface area contributed by atoms with Crippen molar-refractivity contribution in [3.63, 3.8) is 0 Å². The van der Waals surface area contributed by atoms with E-state index >= 15 is 0 Å². The minimum absolute atomic E-state index is 0.0947. The first-order chi connectivity index (χ1) is 14.4. The smallest absolute Gasteiger partial charge is 0.329 e. The topological polar surface area (TPSA) is 26.3 Å². The first-order valence-electron chi connectivity index (χ1n) is 11.4. The fourth-order valence-corrected chi connectivity index (χ4v) is 3.72. The van der Waals surface area contributed by atoms with E-state index in [1.54, 1.807) is 0 Å². The van der Waals surface area contributed by atoms with Crippen LogP contribution in [0.15, 0.2) is 48.6 Å². The lowest BCUT2D eigenvalue weighted by atomic mass is 10.2. The molecule has 0 aromatic rings. The van der Waals surface area contributed by atoms with Gasteiger partial charge in [0.25, 0.3) is 0 Å². The molecule has 0 rings (SSSR count). The molecule has 0 aliphatic rings. The van der Waals surface area contributed by atoms with Crippen LogP contribution >= 0.6 is 6.92 Å². The predicted octanol–water partition coefficient (Wildman–Crippen LogP) is 7.24. The Labute approximate surface area is 192 Å². The number of hydrogen-bond acceptors (Lipinski definition) is 3. The van der Waals surface area contributed by atoms with Crippen LogP contribution in [0.5, 0.6) is 0 Å². The second kappa shape index (κ2) is 20.0. The Morgan fingerprint density at radius 3 is 1.83 bits per heavy atom. The summed E-state index contributed by atoms with van der Waals surface area (Å²) < 4.78 is 6.36. The zero-order chi connectivity index (χ0) is 22.5. The summed E-state index contributed by atoms with van der Waals surface area (Å²) in [5.74, 6) is 0. The Hall–Kier alpha value is -0.930. The third-order valence-electron chi connectivity index (χ3n) is 4.39. The Kier molecular flexibility index (Phi) is 19.4. The van der Waals surface area contributed by atoms with E-state index in [0.717, 1.165) is 43.1 Å². The molecule has 1 atom stereocenters. The van der Waals surface area contributed by atoms with Gasteiger partial charge >= 0.3 is 12.4 Å². The van der Waals surface area contributed by atoms with Gasteiger partial charge < -0.3 is 4.48 Å². The fraction of sp³-hybridized carbons (Fsp3) is 0.640. The van der Waals surface area contributed by atoms with Gasteiger partial charge in [0.1, 0.15) is 13.2 Å². The van der Waals surface area contributed by atoms with Gasteiger partial charge in [0, 0.05) is 0 Å². The molecular weight excluding hydrogens is 409 g/mol. The number of nitrogens with zero attached hydrogens (tertiary/aromatic N) is 1. The molecule has 0 aliphatic heterocycles. The molecule has 0 N–H and O–H groups in total. The van der Waals surface area contributed by atoms with Crippen LogP contribution in [0.4, 0.5) is 0 Å². The molecule has 0 saturated carbocycles. The van der Waals surface area contributed by atoms with Crippen LogP contribution in [-0.2, 0) is 21.1 Å². The summed E-state index contributed by atoms with van der Waals surface area (Å²) in [5.41, 5.74) is 0.0947. The molecule has 0 heterocycles. The maximum Gasteiger partial charge on any atom is 0.417 e. The van der Waals surface area contributed by atoms with Crippen molar-refractivity contribution < 1.29 is 13.8 Å². The lowest BCUT2D eigenvalue weighted by Gasteiger charge is -2.22. The summed E-state index contributed by atoms with van der Waals surface area (Å²) >= 11 is 5.21. The summed E-state index contributed by atoms with van der Waals surface area (Å²) in [6.45, 7) is 2.31. The highest BCUT2D eigenvalue weighted by atomic mass is 32.4. The average Bonchev–Trinajstić information content (AvgIpc) is 2.69. The predicted molar refractivity (Wildman–Crippen MR) is 137 cm³/mol. The zero-order valence-electron chi connectivity index (χ0n) is 19.7. The maximum atomic E-state index is 12.0. The number of quaternary nitrogens is 1. The molecule has 170 valence electrons. The molecule has 1 unspecified atom stereocenters. The molecule has 0 saturated heterocycles. The fourth-order valence-electron chi connectivity index (χ4n) is 2.49. The van der Waals surface area contributed by atoms with Crippen LogP contribution in [-0.4, -0.2) is 44.3 Å². The largest absolute Gasteiger partial charge is 0.417 e. The number of rotatable bonds is 19. The van der Waals surface area contributed by atoms with E-state index in [0.29, 0.717) is 13.0 Å². The highest BCUT2D eigenvalue weighted by Gasteiger charge is 2.25. The Morgan fingerprint density at radius 2 is 1.33 bits per heavy atom. The van der Waals surface area contributed by atoms with E-state index in [-0.39, 0.29) is 5.52 Å². The average molecular weight is 454 g/mol. The number of allylic oxidation sites excluding steroid dienone is 8. The van der Waals surface area contributed by atoms with Gasteiger partial charge in [-0.25, -0.2) is 4.79 Å². The van der Waals surface area contributed by atoms with Crippen molar-refractivity contribution in [1.82, 2.24) is 0 Å². The molecule has 0 spiro atoms. The second-order valence-corrected chi connectivity index (χ2v) is 10.7. The Balaban J connectivity index is 3.64. The van der Waals surface area contributed by atoms with Gasteiger partial charge in [0.05, 0.1) is 27.6 Å². The van der Waals surface area contributed by atoms with E-state index in [9.17, 15) is 4.79 Å². The minimum atomic E-state index is -1.35. The molecule has 0 aromatic carbocycles. The maximum absolute atomic E-state index is 12.0. The first kappa shape index (κ1) is 29.1. The SMILES string of the molecule is CCCCC/C=C\C/C=C\C/C=C\C/C=C\CCCC(=O)[P+](=S)OCC[N+](C)(C)C. The van der Waals surface area contributed by atoms with Crippen LogP contribution in [0.2, 0.25) is 0 Å². The summed E-state index contributed by atoms with van der Waals surface area (Å²) in [4.78, 5) is 12.0. The molecule has 3 nitrogen and oxygen atoms in total. The van der Waals surface area contributed by atoms with E-state index < -0.39 is 6.92 Å². The van der Waals surface area contributed by atoms with Crippen molar-refractivity contribution in [2.24, 2.45) is 0 Å². The van der Waals surface area contributed by atoms with E-state index in [1.807, 2.05) is 0 Å². The van der Waals surface area contributed by atoms with Gasteiger partial charge in [-0.1, -0.05) is 68.4 Å². The van der Waals surface area contributed by atoms with Gasteiger partial charge in [-0.2, -0.15) is 4.52 Å². The molecule has 0 amide bonds. The summed E-state index contributed by atoms with van der Waals surface area (Å²) in [5, 5.41) is 0. The molecule has 0 bridgehead atoms. The minimum Gasteiger partial charge on any atom is -0.329 e. The lowest BCUT2D eigenvalue weighted by molar-refractivity contribution is -0.870. The van der Waals surface area contributed by atoms with Gasteiger partial charge in [-0.15, -0.1) is 0 Å². The third-order valence-corrected chi connectivity index (χ3v) is 6.37. The van der Waals surface area contributed by atoms with Crippen molar-refractivity contribution in [1.29, 1.82) is 0 Å². The third kappa shape index (κ3) is 21.8. The highest BCUT2D eigenvalue weighted by molar-refractivity contribution is 8.10. The molecule has 0 aliphatic carbocycles. The zero-order valence-corrected chi connectivity index (χ0v) is 21.4. The monoisotopic (exact) mass is 453 g/mol. The van der Waals surface area contributed by atoms with Gasteiger partial charge in [-0.3, -0.25) is 0 Å². The number of carbonyl (C=O) groups is 1. The van der Waals surface area contributed by atoms with Crippen molar-refractivity contribution in [3.05, 3.63) is 48.6 Å². The van der Waals surface area contributed by atoms with Crippen LogP contribution in [0.25, 0.3) is 0 Å². The number of hydrogen-bond donors (Lipinski definition) is 0. The molecular formula is C25H44NO2PS+2. The number of likely N-dealkylation sites (N-methyl/N-ethyl adjacent to an activating group) is 1. The summed E-state index contributed by atoms with van der Waals surface area (Å²) in [6, 6.07) is 0. The first-order valence-corrected chi connectivity index (χ1v) is 13.7. The van der Waals surface area contributed by atoms with Crippen molar-refractivity contribution in [2.45, 2.75) is 71.1 Å². The quantitative estimate of drug-likeness (QED) is 0.0892. The Bertz CT molecular complexity index is 574. The highest BCUT2D eigenvalue weighted by Crippen LogP contribution is 2.26. The summed E-state index contributed by atoms with van der Waals surface area (Å²) in [7, 11) is 6.30. The van der Waals surface area contributed by atoms with Gasteiger partial charge in [0.15, 0.2) is 0 Å². The van der Waals surface area contributed by atoms with Gasteiger partial charge in [-0.05, 0) is 44.9 Å². The van der Waals surface area contributed by atoms with Crippen molar-refractivity contribution >= 4 is 24.3 Å². The molecule has 0 radical (unpaired) electrons. The van der Waals surface area contributed by atoms with Crippen molar-refractivity contribution in [2.75, 3.05) is 34.3 Å². The normalized spacial score (nSPS) is 13.4. The molecule has 0 aromatic heterocycles. The van der Waals surface area contributed by atoms with E-state index in [2.05, 4.69) is 76.7 Å². The second-order valence-electron chi connectivity index (χ2n) is 8.48. The number of unbranched alkanes of at least 4 members (excludes halogenated alkanes) is 4. The van der Waals surface area contributed by atoms with Crippen LogP contribution in [0.3, 0.4) is 0 Å². The van der Waals surface area contributed by atoms with E-state index in [4.69, 9.17) is 16.3 Å². The molecule has 30 heavy (non-hydrogen) atoms. The standard InChI is InChI=1S/C25H44NO2PS/c1-5-6-7-8-9-10-11-12-13-14-15-16-17-18-19-20-21-22-25(27)29(30)28-24-23-26(2,3)4/h9-10,12-13,15-16,18-19H,5-8,11,14,17,20-24H2,1-4H3/q+2/b10-9-,13-12-,16-15-,19-18-. The Morgan fingerprint density at radius 1 is 0.833 bits per heavy atom. The molecule has 5 heteroatoms. The molecule has 0 fully saturated rings. The van der Waals surface area contributed by atoms with Crippen LogP contribution in [0, 0.1) is 0 Å². The van der Waals surface area contributed by atoms with Gasteiger partial charge in [0.2, 0.25) is 11.8 Å². The summed E-state index contributed by atoms with van der Waals surface area (Å²) in [6.07, 6.45) is 28.1.